The normalized spacial score (nSPS) is 31.8. The number of aromatic nitrogens is 3. The van der Waals surface area contributed by atoms with Crippen LogP contribution in [0.15, 0.2) is 6.33 Å². The van der Waals surface area contributed by atoms with Crippen LogP contribution in [0.4, 0.5) is 0 Å². The molecule has 0 aliphatic heterocycles. The minimum atomic E-state index is 0.685. The van der Waals surface area contributed by atoms with Crippen molar-refractivity contribution in [2.75, 3.05) is 0 Å². The molecule has 2 aliphatic carbocycles. The van der Waals surface area contributed by atoms with Crippen LogP contribution in [0.2, 0.25) is 0 Å². The van der Waals surface area contributed by atoms with Crippen molar-refractivity contribution in [1.29, 1.82) is 0 Å². The van der Waals surface area contributed by atoms with Gasteiger partial charge in [0.05, 0.1) is 0 Å². The third kappa shape index (κ3) is 1.80. The van der Waals surface area contributed by atoms with Crippen LogP contribution in [0.5, 0.6) is 0 Å². The first-order chi connectivity index (χ1) is 7.34. The highest BCUT2D eigenvalue weighted by Gasteiger charge is 2.30. The van der Waals surface area contributed by atoms with E-state index in [-0.39, 0.29) is 0 Å². The molecule has 0 amide bonds. The second kappa shape index (κ2) is 3.62. The topological polar surface area (TPSA) is 30.7 Å². The van der Waals surface area contributed by atoms with Crippen LogP contribution in [0.1, 0.15) is 63.2 Å². The van der Waals surface area contributed by atoms with Crippen molar-refractivity contribution in [1.82, 2.24) is 14.8 Å². The molecule has 3 heteroatoms. The summed E-state index contributed by atoms with van der Waals surface area (Å²) in [4.78, 5) is 0. The molecular formula is C12H19N3. The first kappa shape index (κ1) is 9.37. The average Bonchev–Trinajstić information content (AvgIpc) is 2.98. The van der Waals surface area contributed by atoms with E-state index in [1.807, 2.05) is 6.33 Å². The van der Waals surface area contributed by atoms with Gasteiger partial charge in [-0.05, 0) is 31.6 Å². The third-order valence-corrected chi connectivity index (χ3v) is 3.92. The zero-order chi connectivity index (χ0) is 10.3. The van der Waals surface area contributed by atoms with Crippen LogP contribution in [0, 0.1) is 5.92 Å². The van der Waals surface area contributed by atoms with Gasteiger partial charge in [0.15, 0.2) is 0 Å². The highest BCUT2D eigenvalue weighted by atomic mass is 15.3. The quantitative estimate of drug-likeness (QED) is 0.743. The average molecular weight is 205 g/mol. The number of hydrogen-bond donors (Lipinski definition) is 0. The molecule has 2 saturated carbocycles. The fourth-order valence-corrected chi connectivity index (χ4v) is 2.70. The van der Waals surface area contributed by atoms with Crippen LogP contribution >= 0.6 is 0 Å². The van der Waals surface area contributed by atoms with Gasteiger partial charge in [0, 0.05) is 12.0 Å². The molecule has 0 saturated heterocycles. The summed E-state index contributed by atoms with van der Waals surface area (Å²) in [6.07, 6.45) is 9.94. The molecule has 3 rings (SSSR count). The van der Waals surface area contributed by atoms with E-state index in [1.54, 1.807) is 0 Å². The van der Waals surface area contributed by atoms with Gasteiger partial charge in [-0.1, -0.05) is 19.8 Å². The van der Waals surface area contributed by atoms with Crippen molar-refractivity contribution in [3.05, 3.63) is 12.2 Å². The summed E-state index contributed by atoms with van der Waals surface area (Å²) >= 11 is 0. The molecule has 0 unspecified atom stereocenters. The summed E-state index contributed by atoms with van der Waals surface area (Å²) in [5.41, 5.74) is 0. The molecule has 0 radical (unpaired) electrons. The fraction of sp³-hybridized carbons (Fsp3) is 0.833. The summed E-state index contributed by atoms with van der Waals surface area (Å²) in [7, 11) is 0. The van der Waals surface area contributed by atoms with Crippen molar-refractivity contribution in [2.24, 2.45) is 5.92 Å². The zero-order valence-electron chi connectivity index (χ0n) is 9.39. The Bertz CT molecular complexity index is 332. The van der Waals surface area contributed by atoms with Gasteiger partial charge in [0.1, 0.15) is 12.2 Å². The van der Waals surface area contributed by atoms with E-state index in [2.05, 4.69) is 21.7 Å². The minimum absolute atomic E-state index is 0.685. The molecule has 0 spiro atoms. The Labute approximate surface area is 90.9 Å². The van der Waals surface area contributed by atoms with Gasteiger partial charge in [0.2, 0.25) is 0 Å². The lowest BCUT2D eigenvalue weighted by Crippen LogP contribution is -2.15. The minimum Gasteiger partial charge on any atom is -0.314 e. The van der Waals surface area contributed by atoms with E-state index in [1.165, 1.54) is 44.3 Å². The van der Waals surface area contributed by atoms with Gasteiger partial charge in [0.25, 0.3) is 0 Å². The van der Waals surface area contributed by atoms with Gasteiger partial charge in [-0.2, -0.15) is 0 Å². The Morgan fingerprint density at radius 1 is 1.13 bits per heavy atom. The van der Waals surface area contributed by atoms with E-state index in [9.17, 15) is 0 Å². The molecule has 0 aromatic carbocycles. The van der Waals surface area contributed by atoms with Crippen LogP contribution in [0.3, 0.4) is 0 Å². The predicted octanol–water partition coefficient (Wildman–Crippen LogP) is 2.91. The van der Waals surface area contributed by atoms with Crippen LogP contribution in [0.25, 0.3) is 0 Å². The molecule has 1 aromatic heterocycles. The standard InChI is InChI=1S/C12H19N3/c1-9-2-4-10(5-3-9)12-14-13-8-15(12)11-6-7-11/h8-11H,2-7H2,1H3. The second-order valence-corrected chi connectivity index (χ2v) is 5.28. The summed E-state index contributed by atoms with van der Waals surface area (Å²) < 4.78 is 2.33. The smallest absolute Gasteiger partial charge is 0.136 e. The van der Waals surface area contributed by atoms with Crippen LogP contribution in [-0.2, 0) is 0 Å². The van der Waals surface area contributed by atoms with Crippen molar-refractivity contribution in [3.63, 3.8) is 0 Å². The molecule has 1 heterocycles. The summed E-state index contributed by atoms with van der Waals surface area (Å²) in [6.45, 7) is 2.36. The molecule has 82 valence electrons. The molecule has 2 aliphatic rings. The fourth-order valence-electron chi connectivity index (χ4n) is 2.70. The molecule has 1 aromatic rings. The molecule has 3 nitrogen and oxygen atoms in total. The summed E-state index contributed by atoms with van der Waals surface area (Å²) in [6, 6.07) is 0.731. The molecule has 0 atom stereocenters. The Hall–Kier alpha value is -0.860. The third-order valence-electron chi connectivity index (χ3n) is 3.92. The number of hydrogen-bond acceptors (Lipinski definition) is 2. The Balaban J connectivity index is 1.77. The van der Waals surface area contributed by atoms with E-state index in [0.717, 1.165) is 12.0 Å². The van der Waals surface area contributed by atoms with E-state index < -0.39 is 0 Å². The summed E-state index contributed by atoms with van der Waals surface area (Å²) in [5, 5.41) is 8.43. The summed E-state index contributed by atoms with van der Waals surface area (Å²) in [5.74, 6) is 2.87. The molecule has 0 bridgehead atoms. The SMILES string of the molecule is CC1CCC(c2nncn2C2CC2)CC1. The van der Waals surface area contributed by atoms with Crippen LogP contribution < -0.4 is 0 Å². The maximum atomic E-state index is 4.34. The zero-order valence-corrected chi connectivity index (χ0v) is 9.39. The Morgan fingerprint density at radius 2 is 1.87 bits per heavy atom. The Kier molecular flexibility index (Phi) is 2.26. The van der Waals surface area contributed by atoms with E-state index in [0.29, 0.717) is 5.92 Å². The molecule has 0 N–H and O–H groups in total. The molecular weight excluding hydrogens is 186 g/mol. The highest BCUT2D eigenvalue weighted by Crippen LogP contribution is 2.40. The van der Waals surface area contributed by atoms with Gasteiger partial charge < -0.3 is 4.57 Å². The van der Waals surface area contributed by atoms with Crippen molar-refractivity contribution in [3.8, 4) is 0 Å². The van der Waals surface area contributed by atoms with Gasteiger partial charge >= 0.3 is 0 Å². The first-order valence-electron chi connectivity index (χ1n) is 6.24. The maximum Gasteiger partial charge on any atom is 0.136 e. The van der Waals surface area contributed by atoms with Crippen molar-refractivity contribution in [2.45, 2.75) is 57.4 Å². The van der Waals surface area contributed by atoms with Gasteiger partial charge in [-0.15, -0.1) is 10.2 Å². The first-order valence-corrected chi connectivity index (χ1v) is 6.24. The largest absolute Gasteiger partial charge is 0.314 e. The lowest BCUT2D eigenvalue weighted by molar-refractivity contribution is 0.333. The Morgan fingerprint density at radius 3 is 2.53 bits per heavy atom. The van der Waals surface area contributed by atoms with Gasteiger partial charge in [-0.3, -0.25) is 0 Å². The number of nitrogens with zero attached hydrogens (tertiary/aromatic N) is 3. The monoisotopic (exact) mass is 205 g/mol. The molecule has 15 heavy (non-hydrogen) atoms. The van der Waals surface area contributed by atoms with E-state index >= 15 is 0 Å². The highest BCUT2D eigenvalue weighted by molar-refractivity contribution is 5.02. The van der Waals surface area contributed by atoms with Gasteiger partial charge in [-0.25, -0.2) is 0 Å². The van der Waals surface area contributed by atoms with E-state index in [4.69, 9.17) is 0 Å². The lowest BCUT2D eigenvalue weighted by atomic mass is 9.82. The van der Waals surface area contributed by atoms with Crippen molar-refractivity contribution < 1.29 is 0 Å². The lowest BCUT2D eigenvalue weighted by Gasteiger charge is -2.25. The maximum absolute atomic E-state index is 4.34. The van der Waals surface area contributed by atoms with Crippen molar-refractivity contribution >= 4 is 0 Å². The second-order valence-electron chi connectivity index (χ2n) is 5.28. The molecule has 2 fully saturated rings. The van der Waals surface area contributed by atoms with Crippen LogP contribution in [-0.4, -0.2) is 14.8 Å². The predicted molar refractivity (Wildman–Crippen MR) is 58.7 cm³/mol. The number of rotatable bonds is 2.